The van der Waals surface area contributed by atoms with Crippen LogP contribution in [0.25, 0.3) is 0 Å². The van der Waals surface area contributed by atoms with E-state index in [0.29, 0.717) is 5.75 Å². The molecule has 0 aliphatic carbocycles. The summed E-state index contributed by atoms with van der Waals surface area (Å²) in [7, 11) is 0. The molecular weight excluding hydrogens is 150 g/mol. The molecule has 1 rings (SSSR count). The predicted octanol–water partition coefficient (Wildman–Crippen LogP) is 0.166. The smallest absolute Gasteiger partial charge is 0.321 e. The van der Waals surface area contributed by atoms with E-state index in [0.717, 1.165) is 18.7 Å². The van der Waals surface area contributed by atoms with Crippen LogP contribution in [0.15, 0.2) is 0 Å². The second-order valence-electron chi connectivity index (χ2n) is 2.27. The summed E-state index contributed by atoms with van der Waals surface area (Å²) in [4.78, 5) is 10.4. The Balaban J connectivity index is 2.35. The Hall–Kier alpha value is -0.220. The van der Waals surface area contributed by atoms with E-state index >= 15 is 0 Å². The highest BCUT2D eigenvalue weighted by Crippen LogP contribution is 2.08. The normalized spacial score (nSPS) is 27.4. The van der Waals surface area contributed by atoms with E-state index in [2.05, 4.69) is 5.32 Å². The van der Waals surface area contributed by atoms with Crippen LogP contribution in [0.1, 0.15) is 6.42 Å². The molecular formula is C6H11NO2S. The molecule has 0 bridgehead atoms. The van der Waals surface area contributed by atoms with Crippen molar-refractivity contribution in [2.45, 2.75) is 12.5 Å². The lowest BCUT2D eigenvalue weighted by atomic mass is 10.3. The summed E-state index contributed by atoms with van der Waals surface area (Å²) in [5.41, 5.74) is 0. The molecule has 1 aliphatic rings. The van der Waals surface area contributed by atoms with Crippen LogP contribution in [0.5, 0.6) is 0 Å². The van der Waals surface area contributed by atoms with E-state index in [4.69, 9.17) is 5.11 Å². The molecule has 0 amide bonds. The van der Waals surface area contributed by atoms with Gasteiger partial charge in [-0.2, -0.15) is 11.8 Å². The molecule has 3 nitrogen and oxygen atoms in total. The molecule has 0 aromatic carbocycles. The van der Waals surface area contributed by atoms with Crippen LogP contribution in [0.3, 0.4) is 0 Å². The quantitative estimate of drug-likeness (QED) is 0.575. The second kappa shape index (κ2) is 3.83. The van der Waals surface area contributed by atoms with Gasteiger partial charge in [0.05, 0.1) is 0 Å². The number of nitrogens with one attached hydrogen (secondary N) is 1. The van der Waals surface area contributed by atoms with E-state index in [1.54, 1.807) is 11.8 Å². The minimum atomic E-state index is -0.727. The van der Waals surface area contributed by atoms with Crippen molar-refractivity contribution in [1.29, 1.82) is 0 Å². The molecule has 2 N–H and O–H groups in total. The zero-order valence-electron chi connectivity index (χ0n) is 5.67. The summed E-state index contributed by atoms with van der Waals surface area (Å²) in [6.45, 7) is 0.837. The molecule has 58 valence electrons. The van der Waals surface area contributed by atoms with Gasteiger partial charge >= 0.3 is 5.97 Å². The van der Waals surface area contributed by atoms with Crippen molar-refractivity contribution in [2.24, 2.45) is 0 Å². The van der Waals surface area contributed by atoms with Gasteiger partial charge in [-0.3, -0.25) is 4.79 Å². The number of carboxylic acid groups (broad SMARTS) is 1. The summed E-state index contributed by atoms with van der Waals surface area (Å²) in [5, 5.41) is 11.5. The molecule has 0 unspecified atom stereocenters. The van der Waals surface area contributed by atoms with Gasteiger partial charge in [-0.1, -0.05) is 0 Å². The van der Waals surface area contributed by atoms with Crippen molar-refractivity contribution in [2.75, 3.05) is 18.1 Å². The van der Waals surface area contributed by atoms with Crippen molar-refractivity contribution >= 4 is 17.7 Å². The molecule has 10 heavy (non-hydrogen) atoms. The standard InChI is InChI=1S/C6H11NO2S/c8-6(9)5-4-10-3-1-2-7-5/h5,7H,1-4H2,(H,8,9)/t5-/m0/s1. The summed E-state index contributed by atoms with van der Waals surface area (Å²) in [6.07, 6.45) is 1.08. The first-order valence-electron chi connectivity index (χ1n) is 3.34. The maximum absolute atomic E-state index is 10.4. The number of thioether (sulfide) groups is 1. The van der Waals surface area contributed by atoms with Gasteiger partial charge in [0.2, 0.25) is 0 Å². The lowest BCUT2D eigenvalue weighted by molar-refractivity contribution is -0.138. The summed E-state index contributed by atoms with van der Waals surface area (Å²) >= 11 is 1.71. The first-order valence-corrected chi connectivity index (χ1v) is 4.50. The van der Waals surface area contributed by atoms with Crippen molar-refractivity contribution in [3.8, 4) is 0 Å². The molecule has 1 saturated heterocycles. The Morgan fingerprint density at radius 3 is 3.20 bits per heavy atom. The van der Waals surface area contributed by atoms with Gasteiger partial charge in [0, 0.05) is 5.75 Å². The van der Waals surface area contributed by atoms with Gasteiger partial charge in [0.15, 0.2) is 0 Å². The molecule has 0 spiro atoms. The van der Waals surface area contributed by atoms with Crippen LogP contribution < -0.4 is 5.32 Å². The fourth-order valence-corrected chi connectivity index (χ4v) is 1.88. The van der Waals surface area contributed by atoms with Crippen LogP contribution in [0.2, 0.25) is 0 Å². The van der Waals surface area contributed by atoms with Crippen LogP contribution in [0, 0.1) is 0 Å². The zero-order chi connectivity index (χ0) is 7.40. The number of rotatable bonds is 1. The molecule has 1 atom stereocenters. The molecule has 1 aliphatic heterocycles. The molecule has 1 heterocycles. The molecule has 0 saturated carbocycles. The molecule has 0 aromatic rings. The average Bonchev–Trinajstić information content (AvgIpc) is 2.12. The summed E-state index contributed by atoms with van der Waals surface area (Å²) < 4.78 is 0. The van der Waals surface area contributed by atoms with Gasteiger partial charge in [-0.25, -0.2) is 0 Å². The maximum atomic E-state index is 10.4. The Bertz CT molecular complexity index is 121. The van der Waals surface area contributed by atoms with Gasteiger partial charge in [0.25, 0.3) is 0 Å². The highest BCUT2D eigenvalue weighted by molar-refractivity contribution is 7.99. The Labute approximate surface area is 64.2 Å². The average molecular weight is 161 g/mol. The minimum Gasteiger partial charge on any atom is -0.480 e. The number of carboxylic acids is 1. The molecule has 0 aromatic heterocycles. The predicted molar refractivity (Wildman–Crippen MR) is 41.4 cm³/mol. The largest absolute Gasteiger partial charge is 0.480 e. The van der Waals surface area contributed by atoms with Gasteiger partial charge < -0.3 is 10.4 Å². The summed E-state index contributed by atoms with van der Waals surface area (Å²) in [5.74, 6) is 1.06. The van der Waals surface area contributed by atoms with E-state index < -0.39 is 5.97 Å². The van der Waals surface area contributed by atoms with E-state index in [1.165, 1.54) is 0 Å². The number of hydrogen-bond donors (Lipinski definition) is 2. The highest BCUT2D eigenvalue weighted by Gasteiger charge is 2.17. The van der Waals surface area contributed by atoms with Crippen LogP contribution in [0.4, 0.5) is 0 Å². The zero-order valence-corrected chi connectivity index (χ0v) is 6.49. The third-order valence-corrected chi connectivity index (χ3v) is 2.59. The van der Waals surface area contributed by atoms with Crippen LogP contribution in [-0.2, 0) is 4.79 Å². The van der Waals surface area contributed by atoms with Crippen molar-refractivity contribution < 1.29 is 9.90 Å². The first-order chi connectivity index (χ1) is 4.80. The summed E-state index contributed by atoms with van der Waals surface area (Å²) in [6, 6.07) is -0.326. The topological polar surface area (TPSA) is 49.3 Å². The lowest BCUT2D eigenvalue weighted by Crippen LogP contribution is -2.37. The Kier molecular flexibility index (Phi) is 3.02. The van der Waals surface area contributed by atoms with Crippen molar-refractivity contribution in [3.05, 3.63) is 0 Å². The second-order valence-corrected chi connectivity index (χ2v) is 3.42. The molecule has 4 heteroatoms. The fraction of sp³-hybridized carbons (Fsp3) is 0.833. The Morgan fingerprint density at radius 2 is 2.50 bits per heavy atom. The SMILES string of the molecule is O=C(O)[C@@H]1CSCCCN1. The van der Waals surface area contributed by atoms with Crippen LogP contribution in [-0.4, -0.2) is 35.2 Å². The van der Waals surface area contributed by atoms with Gasteiger partial charge in [-0.15, -0.1) is 0 Å². The van der Waals surface area contributed by atoms with Crippen LogP contribution >= 0.6 is 11.8 Å². The number of aliphatic carboxylic acids is 1. The minimum absolute atomic E-state index is 0.326. The fourth-order valence-electron chi connectivity index (χ4n) is 0.869. The van der Waals surface area contributed by atoms with E-state index in [-0.39, 0.29) is 6.04 Å². The monoisotopic (exact) mass is 161 g/mol. The number of hydrogen-bond acceptors (Lipinski definition) is 3. The number of carbonyl (C=O) groups is 1. The van der Waals surface area contributed by atoms with Gasteiger partial charge in [0.1, 0.15) is 6.04 Å². The molecule has 1 fully saturated rings. The first kappa shape index (κ1) is 7.88. The maximum Gasteiger partial charge on any atom is 0.321 e. The lowest BCUT2D eigenvalue weighted by Gasteiger charge is -2.07. The molecule has 0 radical (unpaired) electrons. The van der Waals surface area contributed by atoms with Gasteiger partial charge in [-0.05, 0) is 18.7 Å². The third-order valence-electron chi connectivity index (χ3n) is 1.44. The Morgan fingerprint density at radius 1 is 1.70 bits per heavy atom. The van der Waals surface area contributed by atoms with E-state index in [1.807, 2.05) is 0 Å². The van der Waals surface area contributed by atoms with E-state index in [9.17, 15) is 4.79 Å². The highest BCUT2D eigenvalue weighted by atomic mass is 32.2. The third kappa shape index (κ3) is 2.19. The van der Waals surface area contributed by atoms with Crippen molar-refractivity contribution in [1.82, 2.24) is 5.32 Å². The van der Waals surface area contributed by atoms with Crippen molar-refractivity contribution in [3.63, 3.8) is 0 Å².